The van der Waals surface area contributed by atoms with Crippen LogP contribution in [0.1, 0.15) is 63.1 Å². The van der Waals surface area contributed by atoms with E-state index in [-0.39, 0.29) is 42.8 Å². The summed E-state index contributed by atoms with van der Waals surface area (Å²) in [6, 6.07) is 24.2. The second-order valence-corrected chi connectivity index (χ2v) is 10.3. The zero-order valence-corrected chi connectivity index (χ0v) is 27.5. The van der Waals surface area contributed by atoms with Crippen molar-refractivity contribution in [2.45, 2.75) is 54.8 Å². The van der Waals surface area contributed by atoms with Gasteiger partial charge in [-0.1, -0.05) is 29.4 Å². The third kappa shape index (κ3) is 12.9. The lowest BCUT2D eigenvalue weighted by Gasteiger charge is -2.05. The number of non-ortho nitro benzene ring substituents is 2. The highest BCUT2D eigenvalue weighted by Crippen LogP contribution is 2.15. The summed E-state index contributed by atoms with van der Waals surface area (Å²) in [5.41, 5.74) is 9.25. The maximum Gasteiger partial charge on any atom is 0.269 e. The van der Waals surface area contributed by atoms with E-state index in [1.165, 1.54) is 46.5 Å². The third-order valence-electron chi connectivity index (χ3n) is 6.82. The van der Waals surface area contributed by atoms with Crippen molar-refractivity contribution in [3.05, 3.63) is 150 Å². The van der Waals surface area contributed by atoms with Crippen molar-refractivity contribution in [2.24, 2.45) is 11.1 Å². The quantitative estimate of drug-likeness (QED) is 0.0823. The topological polar surface area (TPSA) is 160 Å². The fourth-order valence-corrected chi connectivity index (χ4v) is 3.71. The Morgan fingerprint density at radius 3 is 1.48 bits per heavy atom. The molecule has 46 heavy (non-hydrogen) atoms. The fourth-order valence-electron chi connectivity index (χ4n) is 3.71. The molecular weight excluding hydrogens is 612 g/mol. The summed E-state index contributed by atoms with van der Waals surface area (Å²) in [5.74, 6) is 4.96. The van der Waals surface area contributed by atoms with E-state index >= 15 is 0 Å². The Morgan fingerprint density at radius 2 is 1.09 bits per heavy atom. The van der Waals surface area contributed by atoms with Crippen molar-refractivity contribution in [1.82, 2.24) is 0 Å². The lowest BCUT2D eigenvalue weighted by Crippen LogP contribution is -1.98. The predicted octanol–water partition coefficient (Wildman–Crippen LogP) is 8.07. The summed E-state index contributed by atoms with van der Waals surface area (Å²) in [6.07, 6.45) is 0. The first kappa shape index (κ1) is 39.1. The van der Waals surface area contributed by atoms with E-state index in [0.29, 0.717) is 0 Å². The van der Waals surface area contributed by atoms with Gasteiger partial charge in [0, 0.05) is 29.8 Å². The largest absolute Gasteiger partial charge is 0.391 e. The molecule has 2 N–H and O–H groups in total. The standard InChI is InChI=1S/C17H18N2O3.C10H12O.C7H8N2O3.ClH/c1-12-4-7-16(10-13(12)2)14(3)18-22-11-15-5-8-17(9-6-15)19(20)21;1-7-4-5-10(9(3)11)6-8(7)2;8-12-5-6-1-3-7(4-2-6)9(10)11;/h4-10H,11H2,1-3H3;4-6H,1-3H3;1-4H,5,8H2;1H/b18-14+;;;. The molecular formula is C34H39ClN4O7. The first-order valence-corrected chi connectivity index (χ1v) is 13.9. The minimum atomic E-state index is -0.451. The average molecular weight is 651 g/mol. The molecule has 12 heteroatoms. The van der Waals surface area contributed by atoms with Gasteiger partial charge in [0.15, 0.2) is 5.78 Å². The number of halogens is 1. The van der Waals surface area contributed by atoms with Crippen molar-refractivity contribution in [3.8, 4) is 0 Å². The molecule has 4 rings (SSSR count). The summed E-state index contributed by atoms with van der Waals surface area (Å²) < 4.78 is 0. The number of oxime groups is 1. The summed E-state index contributed by atoms with van der Waals surface area (Å²) >= 11 is 0. The number of ketones is 1. The molecule has 0 aliphatic rings. The Labute approximate surface area is 274 Å². The molecule has 0 aromatic heterocycles. The van der Waals surface area contributed by atoms with Crippen LogP contribution in [0.4, 0.5) is 11.4 Å². The molecule has 4 aromatic carbocycles. The van der Waals surface area contributed by atoms with Gasteiger partial charge in [-0.3, -0.25) is 29.9 Å². The maximum absolute atomic E-state index is 10.9. The highest BCUT2D eigenvalue weighted by atomic mass is 35.5. The van der Waals surface area contributed by atoms with Crippen LogP contribution in [0.2, 0.25) is 0 Å². The smallest absolute Gasteiger partial charge is 0.269 e. The summed E-state index contributed by atoms with van der Waals surface area (Å²) in [7, 11) is 0. The number of nitrogens with two attached hydrogens (primary N) is 1. The maximum atomic E-state index is 10.9. The second-order valence-electron chi connectivity index (χ2n) is 10.3. The van der Waals surface area contributed by atoms with E-state index < -0.39 is 9.85 Å². The number of carbonyl (C=O) groups excluding carboxylic acids is 1. The van der Waals surface area contributed by atoms with E-state index in [0.717, 1.165) is 28.0 Å². The molecule has 0 aliphatic heterocycles. The van der Waals surface area contributed by atoms with Crippen molar-refractivity contribution < 1.29 is 24.3 Å². The fraction of sp³-hybridized carbons (Fsp3) is 0.235. The summed E-state index contributed by atoms with van der Waals surface area (Å²) in [4.78, 5) is 40.5. The van der Waals surface area contributed by atoms with Gasteiger partial charge in [-0.25, -0.2) is 5.90 Å². The van der Waals surface area contributed by atoms with Crippen LogP contribution in [0.25, 0.3) is 0 Å². The van der Waals surface area contributed by atoms with Gasteiger partial charge in [0.2, 0.25) is 0 Å². The molecule has 0 fully saturated rings. The Kier molecular flexibility index (Phi) is 16.5. The van der Waals surface area contributed by atoms with Gasteiger partial charge in [-0.15, -0.1) is 12.4 Å². The lowest BCUT2D eigenvalue weighted by molar-refractivity contribution is -0.385. The van der Waals surface area contributed by atoms with Crippen LogP contribution in [0.15, 0.2) is 90.1 Å². The Hall–Kier alpha value is -4.97. The molecule has 0 saturated heterocycles. The van der Waals surface area contributed by atoms with Crippen LogP contribution in [-0.2, 0) is 22.9 Å². The monoisotopic (exact) mass is 650 g/mol. The number of hydrogen-bond donors (Lipinski definition) is 1. The zero-order valence-electron chi connectivity index (χ0n) is 26.7. The summed E-state index contributed by atoms with van der Waals surface area (Å²) in [6.45, 7) is 12.2. The highest BCUT2D eigenvalue weighted by Gasteiger charge is 2.05. The van der Waals surface area contributed by atoms with E-state index in [1.54, 1.807) is 31.2 Å². The SMILES string of the molecule is C/C(=N\OCc1ccc([N+](=O)[O-])cc1)c1ccc(C)c(C)c1.CC(=O)c1ccc(C)c(C)c1.Cl.NOCc1ccc([N+](=O)[O-])cc1. The molecule has 0 unspecified atom stereocenters. The first-order chi connectivity index (χ1) is 21.3. The normalized spacial score (nSPS) is 10.3. The van der Waals surface area contributed by atoms with Crippen molar-refractivity contribution in [2.75, 3.05) is 0 Å². The summed E-state index contributed by atoms with van der Waals surface area (Å²) in [5, 5.41) is 24.9. The molecule has 0 heterocycles. The third-order valence-corrected chi connectivity index (χ3v) is 6.82. The molecule has 0 saturated carbocycles. The van der Waals surface area contributed by atoms with Gasteiger partial charge in [-0.2, -0.15) is 0 Å². The number of aryl methyl sites for hydroxylation is 4. The van der Waals surface area contributed by atoms with Gasteiger partial charge in [0.1, 0.15) is 6.61 Å². The van der Waals surface area contributed by atoms with E-state index in [1.807, 2.05) is 45.0 Å². The Bertz CT molecular complexity index is 1640. The zero-order chi connectivity index (χ0) is 33.5. The van der Waals surface area contributed by atoms with Crippen LogP contribution in [-0.4, -0.2) is 21.3 Å². The van der Waals surface area contributed by atoms with Crippen LogP contribution >= 0.6 is 12.4 Å². The van der Waals surface area contributed by atoms with Gasteiger partial charge < -0.3 is 4.84 Å². The number of rotatable bonds is 9. The molecule has 0 atom stereocenters. The lowest BCUT2D eigenvalue weighted by atomic mass is 10.0. The van der Waals surface area contributed by atoms with Crippen molar-refractivity contribution in [1.29, 1.82) is 0 Å². The molecule has 11 nitrogen and oxygen atoms in total. The van der Waals surface area contributed by atoms with E-state index in [4.69, 9.17) is 10.7 Å². The Morgan fingerprint density at radius 1 is 0.674 bits per heavy atom. The predicted molar refractivity (Wildman–Crippen MR) is 181 cm³/mol. The number of hydrogen-bond acceptors (Lipinski definition) is 9. The Balaban J connectivity index is 0.000000374. The minimum Gasteiger partial charge on any atom is -0.391 e. The van der Waals surface area contributed by atoms with E-state index in [9.17, 15) is 25.0 Å². The minimum absolute atomic E-state index is 0. The molecule has 0 amide bonds. The van der Waals surface area contributed by atoms with Crippen LogP contribution in [0.5, 0.6) is 0 Å². The van der Waals surface area contributed by atoms with Gasteiger partial charge in [0.05, 0.1) is 22.2 Å². The molecule has 4 aromatic rings. The first-order valence-electron chi connectivity index (χ1n) is 13.9. The molecule has 0 spiro atoms. The average Bonchev–Trinajstić information content (AvgIpc) is 3.01. The van der Waals surface area contributed by atoms with Crippen molar-refractivity contribution in [3.63, 3.8) is 0 Å². The van der Waals surface area contributed by atoms with Gasteiger partial charge in [0.25, 0.3) is 11.4 Å². The number of nitro benzene ring substituents is 2. The molecule has 0 aliphatic carbocycles. The highest BCUT2D eigenvalue weighted by molar-refractivity contribution is 5.98. The number of Topliss-reactive ketones (excluding diaryl/α,β-unsaturated/α-hetero) is 1. The number of nitro groups is 2. The number of benzene rings is 4. The van der Waals surface area contributed by atoms with Gasteiger partial charge >= 0.3 is 0 Å². The second kappa shape index (κ2) is 19.4. The van der Waals surface area contributed by atoms with Crippen molar-refractivity contribution >= 4 is 35.3 Å². The van der Waals surface area contributed by atoms with Crippen LogP contribution < -0.4 is 5.90 Å². The van der Waals surface area contributed by atoms with Gasteiger partial charge in [-0.05, 0) is 117 Å². The number of carbonyl (C=O) groups is 1. The van der Waals surface area contributed by atoms with E-state index in [2.05, 4.69) is 36.0 Å². The number of nitrogens with zero attached hydrogens (tertiary/aromatic N) is 3. The molecule has 0 radical (unpaired) electrons. The van der Waals surface area contributed by atoms with Crippen LogP contribution in [0.3, 0.4) is 0 Å². The molecule has 0 bridgehead atoms. The van der Waals surface area contributed by atoms with Crippen LogP contribution in [0, 0.1) is 47.9 Å². The molecule has 244 valence electrons.